The number of carboxylic acids is 1. The summed E-state index contributed by atoms with van der Waals surface area (Å²) < 4.78 is 5.39. The summed E-state index contributed by atoms with van der Waals surface area (Å²) in [6.07, 6.45) is 2.30. The van der Waals surface area contributed by atoms with Crippen LogP contribution in [0, 0.1) is 0 Å². The van der Waals surface area contributed by atoms with Crippen molar-refractivity contribution in [3.63, 3.8) is 0 Å². The molecule has 1 atom stereocenters. The first kappa shape index (κ1) is 23.4. The molecule has 162 valence electrons. The number of carbonyl (C=O) groups excluding carboxylic acids is 1. The summed E-state index contributed by atoms with van der Waals surface area (Å²) in [4.78, 5) is 25.9. The van der Waals surface area contributed by atoms with Crippen molar-refractivity contribution in [1.29, 1.82) is 0 Å². The van der Waals surface area contributed by atoms with Gasteiger partial charge in [0.1, 0.15) is 0 Å². The van der Waals surface area contributed by atoms with Gasteiger partial charge < -0.3 is 15.2 Å². The second kappa shape index (κ2) is 12.0. The molecule has 0 fully saturated rings. The van der Waals surface area contributed by atoms with Crippen LogP contribution in [0.5, 0.6) is 0 Å². The van der Waals surface area contributed by atoms with Gasteiger partial charge in [0.2, 0.25) is 0 Å². The summed E-state index contributed by atoms with van der Waals surface area (Å²) in [5.41, 5.74) is 3.42. The minimum absolute atomic E-state index is 0.182. The van der Waals surface area contributed by atoms with Crippen molar-refractivity contribution < 1.29 is 19.4 Å². The zero-order chi connectivity index (χ0) is 21.9. The number of hydrogen-bond acceptors (Lipinski definition) is 3. The zero-order valence-corrected chi connectivity index (χ0v) is 18.1. The van der Waals surface area contributed by atoms with E-state index >= 15 is 0 Å². The Morgan fingerprint density at radius 3 is 2.43 bits per heavy atom. The maximum atomic E-state index is 12.7. The number of unbranched alkanes of at least 4 members (excludes halogenated alkanes) is 2. The van der Waals surface area contributed by atoms with Gasteiger partial charge in [-0.25, -0.2) is 9.59 Å². The van der Waals surface area contributed by atoms with Crippen molar-refractivity contribution in [3.8, 4) is 11.1 Å². The van der Waals surface area contributed by atoms with Crippen LogP contribution in [-0.4, -0.2) is 43.4 Å². The van der Waals surface area contributed by atoms with Gasteiger partial charge in [0.25, 0.3) is 0 Å². The van der Waals surface area contributed by atoms with Crippen LogP contribution in [0.15, 0.2) is 48.5 Å². The highest BCUT2D eigenvalue weighted by molar-refractivity contribution is 5.93. The Bertz CT molecular complexity index is 823. The van der Waals surface area contributed by atoms with Crippen molar-refractivity contribution in [2.75, 3.05) is 25.1 Å². The highest BCUT2D eigenvalue weighted by Crippen LogP contribution is 2.29. The number of benzene rings is 2. The SMILES string of the molecule is CCCCCNC(=O)N(C)c1cc(-c2ccccc2)ccc1C[C@H](OCC)C(=O)O. The van der Waals surface area contributed by atoms with Crippen LogP contribution in [0.3, 0.4) is 0 Å². The van der Waals surface area contributed by atoms with Crippen LogP contribution in [-0.2, 0) is 16.0 Å². The van der Waals surface area contributed by atoms with E-state index in [0.29, 0.717) is 18.8 Å². The van der Waals surface area contributed by atoms with Crippen LogP contribution in [0.1, 0.15) is 38.7 Å². The standard InChI is InChI=1S/C24H32N2O4/c1-4-6-10-15-25-24(29)26(3)21-16-19(18-11-8-7-9-12-18)13-14-20(21)17-22(23(27)28)30-5-2/h7-9,11-14,16,22H,4-6,10,15,17H2,1-3H3,(H,25,29)(H,27,28)/t22-/m0/s1. The number of urea groups is 1. The highest BCUT2D eigenvalue weighted by Gasteiger charge is 2.22. The third kappa shape index (κ3) is 6.59. The molecule has 2 aromatic rings. The maximum absolute atomic E-state index is 12.7. The van der Waals surface area contributed by atoms with Gasteiger partial charge in [-0.05, 0) is 36.1 Å². The summed E-state index contributed by atoms with van der Waals surface area (Å²) in [7, 11) is 1.71. The predicted molar refractivity (Wildman–Crippen MR) is 120 cm³/mol. The third-order valence-corrected chi connectivity index (χ3v) is 4.96. The lowest BCUT2D eigenvalue weighted by Crippen LogP contribution is -2.38. The molecule has 0 radical (unpaired) electrons. The van der Waals surface area contributed by atoms with E-state index in [2.05, 4.69) is 12.2 Å². The molecule has 0 spiro atoms. The fourth-order valence-electron chi connectivity index (χ4n) is 3.28. The minimum Gasteiger partial charge on any atom is -0.479 e. The lowest BCUT2D eigenvalue weighted by Gasteiger charge is -2.24. The fourth-order valence-corrected chi connectivity index (χ4v) is 3.28. The smallest absolute Gasteiger partial charge is 0.333 e. The number of carbonyl (C=O) groups is 2. The van der Waals surface area contributed by atoms with E-state index in [4.69, 9.17) is 4.74 Å². The lowest BCUT2D eigenvalue weighted by molar-refractivity contribution is -0.149. The monoisotopic (exact) mass is 412 g/mol. The van der Waals surface area contributed by atoms with Gasteiger partial charge in [-0.15, -0.1) is 0 Å². The number of amides is 2. The van der Waals surface area contributed by atoms with E-state index in [1.807, 2.05) is 48.5 Å². The van der Waals surface area contributed by atoms with E-state index in [1.54, 1.807) is 18.9 Å². The molecule has 2 amide bonds. The largest absolute Gasteiger partial charge is 0.479 e. The van der Waals surface area contributed by atoms with E-state index in [9.17, 15) is 14.7 Å². The molecule has 0 aromatic heterocycles. The molecule has 2 rings (SSSR count). The average molecular weight is 413 g/mol. The highest BCUT2D eigenvalue weighted by atomic mass is 16.5. The van der Waals surface area contributed by atoms with Crippen LogP contribution in [0.4, 0.5) is 10.5 Å². The Hall–Kier alpha value is -2.86. The molecule has 0 aliphatic rings. The van der Waals surface area contributed by atoms with Crippen LogP contribution >= 0.6 is 0 Å². The Labute approximate surface area is 178 Å². The molecule has 0 bridgehead atoms. The first-order chi connectivity index (χ1) is 14.5. The number of ether oxygens (including phenoxy) is 1. The summed E-state index contributed by atoms with van der Waals surface area (Å²) in [5, 5.41) is 12.4. The van der Waals surface area contributed by atoms with Crippen molar-refractivity contribution >= 4 is 17.7 Å². The quantitative estimate of drug-likeness (QED) is 0.523. The van der Waals surface area contributed by atoms with Crippen molar-refractivity contribution in [2.45, 2.75) is 45.6 Å². The first-order valence-corrected chi connectivity index (χ1v) is 10.5. The second-order valence-corrected chi connectivity index (χ2v) is 7.19. The van der Waals surface area contributed by atoms with E-state index in [0.717, 1.165) is 36.0 Å². The predicted octanol–water partition coefficient (Wildman–Crippen LogP) is 4.72. The number of hydrogen-bond donors (Lipinski definition) is 2. The van der Waals surface area contributed by atoms with Crippen LogP contribution in [0.25, 0.3) is 11.1 Å². The molecule has 0 aliphatic carbocycles. The number of nitrogens with one attached hydrogen (secondary N) is 1. The summed E-state index contributed by atoms with van der Waals surface area (Å²) >= 11 is 0. The Balaban J connectivity index is 2.33. The molecule has 0 saturated carbocycles. The summed E-state index contributed by atoms with van der Waals surface area (Å²) in [6, 6.07) is 15.4. The topological polar surface area (TPSA) is 78.9 Å². The Morgan fingerprint density at radius 2 is 1.80 bits per heavy atom. The van der Waals surface area contributed by atoms with Crippen LogP contribution < -0.4 is 10.2 Å². The molecule has 2 aromatic carbocycles. The van der Waals surface area contributed by atoms with Crippen molar-refractivity contribution in [2.24, 2.45) is 0 Å². The summed E-state index contributed by atoms with van der Waals surface area (Å²) in [6.45, 7) is 4.81. The van der Waals surface area contributed by atoms with Crippen molar-refractivity contribution in [1.82, 2.24) is 5.32 Å². The molecule has 0 saturated heterocycles. The molecular formula is C24H32N2O4. The zero-order valence-electron chi connectivity index (χ0n) is 18.1. The first-order valence-electron chi connectivity index (χ1n) is 10.5. The molecule has 2 N–H and O–H groups in total. The van der Waals surface area contributed by atoms with Crippen molar-refractivity contribution in [3.05, 3.63) is 54.1 Å². The van der Waals surface area contributed by atoms with Gasteiger partial charge >= 0.3 is 12.0 Å². The molecule has 0 unspecified atom stereocenters. The number of carboxylic acid groups (broad SMARTS) is 1. The normalized spacial score (nSPS) is 11.7. The van der Waals surface area contributed by atoms with Gasteiger partial charge in [0, 0.05) is 32.3 Å². The van der Waals surface area contributed by atoms with E-state index < -0.39 is 12.1 Å². The second-order valence-electron chi connectivity index (χ2n) is 7.19. The van der Waals surface area contributed by atoms with Gasteiger partial charge in [-0.2, -0.15) is 0 Å². The Morgan fingerprint density at radius 1 is 1.07 bits per heavy atom. The minimum atomic E-state index is -1.01. The molecular weight excluding hydrogens is 380 g/mol. The van der Waals surface area contributed by atoms with Crippen LogP contribution in [0.2, 0.25) is 0 Å². The fraction of sp³-hybridized carbons (Fsp3) is 0.417. The van der Waals surface area contributed by atoms with Gasteiger partial charge in [0.05, 0.1) is 0 Å². The molecule has 30 heavy (non-hydrogen) atoms. The number of rotatable bonds is 11. The number of aliphatic carboxylic acids is 1. The number of anilines is 1. The molecule has 6 heteroatoms. The van der Waals surface area contributed by atoms with Gasteiger partial charge in [-0.1, -0.05) is 62.2 Å². The lowest BCUT2D eigenvalue weighted by atomic mass is 9.98. The maximum Gasteiger partial charge on any atom is 0.333 e. The van der Waals surface area contributed by atoms with Gasteiger partial charge in [0.15, 0.2) is 6.10 Å². The van der Waals surface area contributed by atoms with Gasteiger partial charge in [-0.3, -0.25) is 4.90 Å². The Kier molecular flexibility index (Phi) is 9.35. The van der Waals surface area contributed by atoms with E-state index in [-0.39, 0.29) is 12.5 Å². The molecule has 0 aliphatic heterocycles. The number of nitrogens with zero attached hydrogens (tertiary/aromatic N) is 1. The van der Waals surface area contributed by atoms with E-state index in [1.165, 1.54) is 0 Å². The molecule has 0 heterocycles. The average Bonchev–Trinajstić information content (AvgIpc) is 2.76. The summed E-state index contributed by atoms with van der Waals surface area (Å²) in [5.74, 6) is -1.01. The third-order valence-electron chi connectivity index (χ3n) is 4.96. The molecule has 6 nitrogen and oxygen atoms in total.